The number of hydrogen-bond donors (Lipinski definition) is 1. The summed E-state index contributed by atoms with van der Waals surface area (Å²) in [5.74, 6) is 1.88. The highest BCUT2D eigenvalue weighted by molar-refractivity contribution is 5.79. The summed E-state index contributed by atoms with van der Waals surface area (Å²) in [6.07, 6.45) is 11.1. The normalized spacial score (nSPS) is 26.0. The fourth-order valence-corrected chi connectivity index (χ4v) is 5.71. The first-order valence-corrected chi connectivity index (χ1v) is 12.0. The molecule has 1 N–H and O–H groups in total. The van der Waals surface area contributed by atoms with Crippen molar-refractivity contribution in [3.8, 4) is 5.75 Å². The van der Waals surface area contributed by atoms with E-state index in [0.717, 1.165) is 69.3 Å². The van der Waals surface area contributed by atoms with E-state index < -0.39 is 0 Å². The van der Waals surface area contributed by atoms with Crippen molar-refractivity contribution >= 4 is 11.8 Å². The van der Waals surface area contributed by atoms with Crippen LogP contribution in [0.4, 0.5) is 0 Å². The topological polar surface area (TPSA) is 58.6 Å². The molecule has 0 bridgehead atoms. The molecule has 3 fully saturated rings. The van der Waals surface area contributed by atoms with E-state index in [1.54, 1.807) is 0 Å². The maximum Gasteiger partial charge on any atom is 0.225 e. The van der Waals surface area contributed by atoms with Crippen LogP contribution in [-0.4, -0.2) is 41.4 Å². The molecule has 5 heteroatoms. The lowest BCUT2D eigenvalue weighted by atomic mass is 9.76. The summed E-state index contributed by atoms with van der Waals surface area (Å²) in [5.41, 5.74) is 0.914. The van der Waals surface area contributed by atoms with Gasteiger partial charge in [-0.2, -0.15) is 0 Å². The van der Waals surface area contributed by atoms with Gasteiger partial charge in [-0.25, -0.2) is 0 Å². The zero-order valence-electron chi connectivity index (χ0n) is 17.9. The average molecular weight is 411 g/mol. The summed E-state index contributed by atoms with van der Waals surface area (Å²) >= 11 is 0. The molecule has 4 aliphatic rings. The monoisotopic (exact) mass is 410 g/mol. The van der Waals surface area contributed by atoms with E-state index in [-0.39, 0.29) is 23.3 Å². The molecule has 0 radical (unpaired) electrons. The molecular weight excluding hydrogens is 376 g/mol. The zero-order valence-corrected chi connectivity index (χ0v) is 17.9. The number of hydrogen-bond acceptors (Lipinski definition) is 3. The number of amides is 2. The molecule has 5 rings (SSSR count). The number of rotatable bonds is 4. The fourth-order valence-electron chi connectivity index (χ4n) is 5.71. The van der Waals surface area contributed by atoms with E-state index in [9.17, 15) is 9.59 Å². The Morgan fingerprint density at radius 3 is 2.50 bits per heavy atom. The first-order chi connectivity index (χ1) is 14.6. The second kappa shape index (κ2) is 8.24. The molecule has 1 spiro atoms. The summed E-state index contributed by atoms with van der Waals surface area (Å²) in [7, 11) is 0. The van der Waals surface area contributed by atoms with Crippen molar-refractivity contribution in [3.05, 3.63) is 29.8 Å². The largest absolute Gasteiger partial charge is 0.487 e. The molecule has 30 heavy (non-hydrogen) atoms. The van der Waals surface area contributed by atoms with Crippen molar-refractivity contribution in [1.82, 2.24) is 10.2 Å². The highest BCUT2D eigenvalue weighted by atomic mass is 16.5. The van der Waals surface area contributed by atoms with Crippen LogP contribution < -0.4 is 10.1 Å². The molecule has 162 valence electrons. The molecule has 2 amide bonds. The first-order valence-electron chi connectivity index (χ1n) is 12.0. The molecule has 2 aliphatic heterocycles. The number of fused-ring (bicyclic) bond motifs is 1. The number of piperidine rings is 1. The van der Waals surface area contributed by atoms with Crippen molar-refractivity contribution in [2.45, 2.75) is 88.2 Å². The molecule has 0 aromatic heterocycles. The van der Waals surface area contributed by atoms with E-state index in [1.807, 2.05) is 18.2 Å². The smallest absolute Gasteiger partial charge is 0.225 e. The van der Waals surface area contributed by atoms with Gasteiger partial charge in [0.2, 0.25) is 11.8 Å². The van der Waals surface area contributed by atoms with Crippen LogP contribution >= 0.6 is 0 Å². The number of para-hydroxylation sites is 1. The van der Waals surface area contributed by atoms with Gasteiger partial charge in [0.15, 0.2) is 0 Å². The Kier molecular flexibility index (Phi) is 5.46. The van der Waals surface area contributed by atoms with Gasteiger partial charge in [0, 0.05) is 50.2 Å². The van der Waals surface area contributed by atoms with Gasteiger partial charge in [0.1, 0.15) is 11.4 Å². The van der Waals surface area contributed by atoms with Gasteiger partial charge < -0.3 is 15.0 Å². The third-order valence-corrected chi connectivity index (χ3v) is 7.62. The van der Waals surface area contributed by atoms with Crippen LogP contribution in [0.5, 0.6) is 5.75 Å². The van der Waals surface area contributed by atoms with Gasteiger partial charge in [-0.3, -0.25) is 9.59 Å². The third kappa shape index (κ3) is 4.21. The summed E-state index contributed by atoms with van der Waals surface area (Å²) < 4.78 is 6.57. The molecule has 1 aromatic rings. The maximum atomic E-state index is 13.0. The molecule has 2 heterocycles. The Hall–Kier alpha value is -2.04. The fraction of sp³-hybridized carbons (Fsp3) is 0.680. The quantitative estimate of drug-likeness (QED) is 0.811. The van der Waals surface area contributed by atoms with Gasteiger partial charge in [-0.1, -0.05) is 37.5 Å². The van der Waals surface area contributed by atoms with E-state index in [1.165, 1.54) is 19.3 Å². The van der Waals surface area contributed by atoms with Crippen LogP contribution in [0.1, 0.15) is 82.1 Å². The second-order valence-electron chi connectivity index (χ2n) is 9.93. The number of likely N-dealkylation sites (tertiary alicyclic amines) is 1. The molecule has 1 saturated heterocycles. The molecule has 1 unspecified atom stereocenters. The minimum absolute atomic E-state index is 0.166. The third-order valence-electron chi connectivity index (χ3n) is 7.62. The molecule has 1 atom stereocenters. The van der Waals surface area contributed by atoms with Crippen LogP contribution in [0.3, 0.4) is 0 Å². The highest BCUT2D eigenvalue weighted by Gasteiger charge is 2.45. The van der Waals surface area contributed by atoms with Gasteiger partial charge >= 0.3 is 0 Å². The van der Waals surface area contributed by atoms with E-state index in [0.29, 0.717) is 18.4 Å². The number of nitrogens with one attached hydrogen (secondary N) is 1. The lowest BCUT2D eigenvalue weighted by Gasteiger charge is -2.47. The Morgan fingerprint density at radius 1 is 1.03 bits per heavy atom. The number of nitrogens with zero attached hydrogens (tertiary/aromatic N) is 1. The van der Waals surface area contributed by atoms with Gasteiger partial charge in [0.25, 0.3) is 0 Å². The van der Waals surface area contributed by atoms with Crippen molar-refractivity contribution < 1.29 is 14.3 Å². The van der Waals surface area contributed by atoms with E-state index in [2.05, 4.69) is 16.3 Å². The predicted molar refractivity (Wildman–Crippen MR) is 115 cm³/mol. The molecule has 2 aliphatic carbocycles. The van der Waals surface area contributed by atoms with Gasteiger partial charge in [-0.05, 0) is 43.7 Å². The molecule has 2 saturated carbocycles. The number of ether oxygens (including phenoxy) is 1. The van der Waals surface area contributed by atoms with E-state index in [4.69, 9.17) is 4.74 Å². The van der Waals surface area contributed by atoms with Crippen molar-refractivity contribution in [2.75, 3.05) is 13.1 Å². The van der Waals surface area contributed by atoms with Crippen LogP contribution in [0, 0.1) is 5.92 Å². The summed E-state index contributed by atoms with van der Waals surface area (Å²) in [6.45, 7) is 1.55. The van der Waals surface area contributed by atoms with E-state index >= 15 is 0 Å². The van der Waals surface area contributed by atoms with Crippen LogP contribution in [0.2, 0.25) is 0 Å². The summed E-state index contributed by atoms with van der Waals surface area (Å²) in [6, 6.07) is 8.61. The number of carbonyl (C=O) groups excluding carboxylic acids is 2. The minimum Gasteiger partial charge on any atom is -0.487 e. The standard InChI is InChI=1S/C25H34N2O3/c28-23(26-20-10-11-20)16-19-17-25(30-22-9-5-4-8-21(19)22)12-14-27(15-13-25)24(29)18-6-2-1-3-7-18/h4-5,8-9,18-20H,1-3,6-7,10-17H2,(H,26,28). The minimum atomic E-state index is -0.248. The van der Waals surface area contributed by atoms with Gasteiger partial charge in [0.05, 0.1) is 0 Å². The van der Waals surface area contributed by atoms with Crippen molar-refractivity contribution in [1.29, 1.82) is 0 Å². The Morgan fingerprint density at radius 2 is 1.77 bits per heavy atom. The summed E-state index contributed by atoms with van der Waals surface area (Å²) in [5, 5.41) is 3.15. The van der Waals surface area contributed by atoms with Crippen LogP contribution in [0.25, 0.3) is 0 Å². The zero-order chi connectivity index (χ0) is 20.6. The summed E-state index contributed by atoms with van der Waals surface area (Å²) in [4.78, 5) is 27.6. The average Bonchev–Trinajstić information content (AvgIpc) is 3.58. The number of benzene rings is 1. The van der Waals surface area contributed by atoms with Crippen LogP contribution in [-0.2, 0) is 9.59 Å². The van der Waals surface area contributed by atoms with Crippen LogP contribution in [0.15, 0.2) is 24.3 Å². The second-order valence-corrected chi connectivity index (χ2v) is 9.93. The van der Waals surface area contributed by atoms with Gasteiger partial charge in [-0.15, -0.1) is 0 Å². The lowest BCUT2D eigenvalue weighted by Crippen LogP contribution is -2.53. The Balaban J connectivity index is 1.26. The Bertz CT molecular complexity index is 789. The predicted octanol–water partition coefficient (Wildman–Crippen LogP) is 4.16. The molecular formula is C25H34N2O3. The molecule has 5 nitrogen and oxygen atoms in total. The van der Waals surface area contributed by atoms with Crippen molar-refractivity contribution in [3.63, 3.8) is 0 Å². The Labute approximate surface area is 179 Å². The number of carbonyl (C=O) groups is 2. The first kappa shape index (κ1) is 19.9. The SMILES string of the molecule is O=C(CC1CC2(CCN(C(=O)C3CCCCC3)CC2)Oc2ccccc21)NC1CC1. The highest BCUT2D eigenvalue weighted by Crippen LogP contribution is 2.46. The van der Waals surface area contributed by atoms with Crippen molar-refractivity contribution in [2.24, 2.45) is 5.92 Å². The lowest BCUT2D eigenvalue weighted by molar-refractivity contribution is -0.140. The molecule has 1 aromatic carbocycles. The maximum absolute atomic E-state index is 13.0.